The second-order valence-corrected chi connectivity index (χ2v) is 18.7. The predicted octanol–water partition coefficient (Wildman–Crippen LogP) is 11.6. The molecule has 1 saturated heterocycles. The lowest BCUT2D eigenvalue weighted by Gasteiger charge is -2.55. The molecule has 0 N–H and O–H groups in total. The molecule has 43 heavy (non-hydrogen) atoms. The molecule has 0 spiro atoms. The van der Waals surface area contributed by atoms with Crippen molar-refractivity contribution in [3.63, 3.8) is 0 Å². The maximum absolute atomic E-state index is 3.39. The number of rotatable bonds is 4. The van der Waals surface area contributed by atoms with E-state index >= 15 is 0 Å². The molecule has 1 heteroatoms. The van der Waals surface area contributed by atoms with Gasteiger partial charge in [0.2, 0.25) is 0 Å². The molecule has 8 rings (SSSR count). The first-order chi connectivity index (χ1) is 21.1. The van der Waals surface area contributed by atoms with Crippen LogP contribution in [0.2, 0.25) is 0 Å². The van der Waals surface area contributed by atoms with Gasteiger partial charge in [0.1, 0.15) is 0 Å². The molecule has 6 saturated carbocycles. The topological polar surface area (TPSA) is 3.24 Å². The predicted molar refractivity (Wildman–Crippen MR) is 182 cm³/mol. The Morgan fingerprint density at radius 1 is 0.581 bits per heavy atom. The quantitative estimate of drug-likeness (QED) is 0.296. The lowest BCUT2D eigenvalue weighted by molar-refractivity contribution is -0.0543. The number of likely N-dealkylation sites (tertiary alicyclic amines) is 1. The van der Waals surface area contributed by atoms with Crippen LogP contribution in [0.25, 0.3) is 0 Å². The van der Waals surface area contributed by atoms with Gasteiger partial charge in [0, 0.05) is 17.6 Å². The summed E-state index contributed by atoms with van der Waals surface area (Å²) in [5.74, 6) is 11.2. The fourth-order valence-electron chi connectivity index (χ4n) is 14.8. The van der Waals surface area contributed by atoms with Gasteiger partial charge in [0.25, 0.3) is 0 Å². The SMILES string of the molecule is CC1CCCC2C3C(CCC4CCCC[C@@H]43)N(C3(C)CCC[C@@H](C4CC(C5C=CCCC5)CC(C5CCCCC5)C4)C3)C12. The Labute approximate surface area is 267 Å². The molecule has 0 aromatic rings. The molecule has 7 fully saturated rings. The van der Waals surface area contributed by atoms with Crippen molar-refractivity contribution in [2.45, 2.75) is 186 Å². The van der Waals surface area contributed by atoms with Crippen molar-refractivity contribution in [3.05, 3.63) is 12.2 Å². The Morgan fingerprint density at radius 2 is 1.30 bits per heavy atom. The van der Waals surface area contributed by atoms with Gasteiger partial charge in [0.15, 0.2) is 0 Å². The fraction of sp³-hybridized carbons (Fsp3) is 0.952. The molecule has 0 radical (unpaired) electrons. The zero-order chi connectivity index (χ0) is 29.0. The molecule has 8 aliphatic rings. The lowest BCUT2D eigenvalue weighted by Crippen LogP contribution is -2.59. The normalized spacial score (nSPS) is 51.4. The van der Waals surface area contributed by atoms with E-state index in [9.17, 15) is 0 Å². The van der Waals surface area contributed by atoms with E-state index in [1.165, 1.54) is 77.0 Å². The van der Waals surface area contributed by atoms with Gasteiger partial charge in [-0.1, -0.05) is 89.7 Å². The summed E-state index contributed by atoms with van der Waals surface area (Å²) in [6.45, 7) is 5.54. The molecule has 0 bridgehead atoms. The average Bonchev–Trinajstić information content (AvgIpc) is 3.43. The van der Waals surface area contributed by atoms with Gasteiger partial charge in [-0.3, -0.25) is 4.90 Å². The highest BCUT2D eigenvalue weighted by molar-refractivity contribution is 5.13. The van der Waals surface area contributed by atoms with Crippen molar-refractivity contribution < 1.29 is 0 Å². The van der Waals surface area contributed by atoms with Gasteiger partial charge in [-0.25, -0.2) is 0 Å². The van der Waals surface area contributed by atoms with Crippen molar-refractivity contribution in [2.75, 3.05) is 0 Å². The van der Waals surface area contributed by atoms with Crippen LogP contribution in [0, 0.1) is 65.1 Å². The van der Waals surface area contributed by atoms with Gasteiger partial charge >= 0.3 is 0 Å². The van der Waals surface area contributed by atoms with Gasteiger partial charge < -0.3 is 0 Å². The van der Waals surface area contributed by atoms with E-state index in [4.69, 9.17) is 0 Å². The first-order valence-corrected chi connectivity index (χ1v) is 20.5. The number of hydrogen-bond donors (Lipinski definition) is 0. The van der Waals surface area contributed by atoms with Crippen LogP contribution in [-0.2, 0) is 0 Å². The standard InChI is InChI=1S/C42H69N/c1-29-13-11-21-38-40-37-20-10-9-18-32(37)22-23-39(40)43(41(29)38)42(2)24-12-19-33(28-42)36-26-34(30-14-5-3-6-15-30)25-35(27-36)31-16-7-4-8-17-31/h5,14,29-41H,3-4,6-13,15-28H2,1-2H3/t29?,30?,32?,33-,34?,35?,36?,37+,38?,39?,40?,41?,42?/m1/s1. The van der Waals surface area contributed by atoms with E-state index in [-0.39, 0.29) is 0 Å². The minimum atomic E-state index is 0.469. The van der Waals surface area contributed by atoms with Crippen LogP contribution in [0.4, 0.5) is 0 Å². The molecule has 1 aliphatic heterocycles. The minimum absolute atomic E-state index is 0.469. The number of allylic oxidation sites excluding steroid dienone is 2. The molecule has 0 amide bonds. The van der Waals surface area contributed by atoms with E-state index in [0.29, 0.717) is 5.54 Å². The van der Waals surface area contributed by atoms with Crippen molar-refractivity contribution in [1.82, 2.24) is 4.90 Å². The first kappa shape index (κ1) is 30.1. The molecule has 13 atom stereocenters. The molecule has 1 nitrogen and oxygen atoms in total. The van der Waals surface area contributed by atoms with Crippen molar-refractivity contribution in [1.29, 1.82) is 0 Å². The lowest BCUT2D eigenvalue weighted by atomic mass is 9.58. The Hall–Kier alpha value is -0.300. The van der Waals surface area contributed by atoms with Crippen molar-refractivity contribution in [3.8, 4) is 0 Å². The molecule has 0 aromatic carbocycles. The number of nitrogens with zero attached hydrogens (tertiary/aromatic N) is 1. The fourth-order valence-corrected chi connectivity index (χ4v) is 14.8. The smallest absolute Gasteiger partial charge is 0.0190 e. The molecule has 7 aliphatic carbocycles. The minimum Gasteiger partial charge on any atom is -0.291 e. The second-order valence-electron chi connectivity index (χ2n) is 18.7. The van der Waals surface area contributed by atoms with Gasteiger partial charge in [0.05, 0.1) is 0 Å². The highest BCUT2D eigenvalue weighted by Crippen LogP contribution is 2.61. The summed E-state index contributed by atoms with van der Waals surface area (Å²) in [6, 6.07) is 1.84. The second kappa shape index (κ2) is 12.7. The number of hydrogen-bond acceptors (Lipinski definition) is 1. The monoisotopic (exact) mass is 588 g/mol. The van der Waals surface area contributed by atoms with Gasteiger partial charge in [-0.15, -0.1) is 0 Å². The van der Waals surface area contributed by atoms with Crippen LogP contribution >= 0.6 is 0 Å². The summed E-state index contributed by atoms with van der Waals surface area (Å²) in [4.78, 5) is 3.39. The van der Waals surface area contributed by atoms with Gasteiger partial charge in [-0.05, 0) is 155 Å². The summed E-state index contributed by atoms with van der Waals surface area (Å²) in [6.07, 6.45) is 42.1. The summed E-state index contributed by atoms with van der Waals surface area (Å²) < 4.78 is 0. The highest BCUT2D eigenvalue weighted by Gasteiger charge is 2.61. The summed E-state index contributed by atoms with van der Waals surface area (Å²) in [7, 11) is 0. The van der Waals surface area contributed by atoms with Crippen LogP contribution in [-0.4, -0.2) is 22.5 Å². The van der Waals surface area contributed by atoms with E-state index in [2.05, 4.69) is 30.9 Å². The van der Waals surface area contributed by atoms with E-state index < -0.39 is 0 Å². The molecule has 11 unspecified atom stereocenters. The van der Waals surface area contributed by atoms with Crippen molar-refractivity contribution in [2.24, 2.45) is 65.1 Å². The van der Waals surface area contributed by atoms with Crippen LogP contribution in [0.3, 0.4) is 0 Å². The maximum Gasteiger partial charge on any atom is 0.0190 e. The average molecular weight is 588 g/mol. The maximum atomic E-state index is 3.39. The third kappa shape index (κ3) is 5.67. The van der Waals surface area contributed by atoms with Gasteiger partial charge in [-0.2, -0.15) is 0 Å². The molecular formula is C42H69N. The molecule has 242 valence electrons. The Bertz CT molecular complexity index is 962. The highest BCUT2D eigenvalue weighted by atomic mass is 15.3. The Balaban J connectivity index is 1.05. The summed E-state index contributed by atoms with van der Waals surface area (Å²) in [5, 5.41) is 0. The van der Waals surface area contributed by atoms with Crippen LogP contribution < -0.4 is 0 Å². The molecule has 0 aromatic heterocycles. The van der Waals surface area contributed by atoms with Crippen LogP contribution in [0.5, 0.6) is 0 Å². The molecule has 1 heterocycles. The zero-order valence-corrected chi connectivity index (χ0v) is 28.6. The van der Waals surface area contributed by atoms with E-state index in [1.807, 2.05) is 0 Å². The van der Waals surface area contributed by atoms with Crippen LogP contribution in [0.15, 0.2) is 12.2 Å². The largest absolute Gasteiger partial charge is 0.291 e. The van der Waals surface area contributed by atoms with Crippen molar-refractivity contribution >= 4 is 0 Å². The van der Waals surface area contributed by atoms with E-state index in [1.54, 1.807) is 77.0 Å². The van der Waals surface area contributed by atoms with Crippen LogP contribution in [0.1, 0.15) is 168 Å². The first-order valence-electron chi connectivity index (χ1n) is 20.5. The summed E-state index contributed by atoms with van der Waals surface area (Å²) >= 11 is 0. The Morgan fingerprint density at radius 3 is 2.14 bits per heavy atom. The number of fused-ring (bicyclic) bond motifs is 5. The molecular weight excluding hydrogens is 518 g/mol. The Kier molecular flexibility index (Phi) is 8.89. The summed E-state index contributed by atoms with van der Waals surface area (Å²) in [5.41, 5.74) is 0.469. The zero-order valence-electron chi connectivity index (χ0n) is 28.6. The van der Waals surface area contributed by atoms with E-state index in [0.717, 1.165) is 77.2 Å². The third-order valence-corrected chi connectivity index (χ3v) is 16.4. The third-order valence-electron chi connectivity index (χ3n) is 16.4.